The van der Waals surface area contributed by atoms with Crippen molar-refractivity contribution in [1.82, 2.24) is 10.2 Å². The molecule has 122 valence electrons. The van der Waals surface area contributed by atoms with Gasteiger partial charge in [-0.3, -0.25) is 10.1 Å². The molecule has 0 aliphatic heterocycles. The number of anilines is 1. The number of nitrogens with one attached hydrogen (secondary N) is 1. The summed E-state index contributed by atoms with van der Waals surface area (Å²) in [4.78, 5) is 13.4. The Bertz CT molecular complexity index is 660. The molecule has 0 aliphatic rings. The molecule has 0 spiro atoms. The second-order valence-electron chi connectivity index (χ2n) is 4.43. The number of nitrogens with zero attached hydrogens (tertiary/aromatic N) is 2. The van der Waals surface area contributed by atoms with Crippen LogP contribution in [0.25, 0.3) is 0 Å². The largest absolute Gasteiger partial charge is 0.300 e. The molecule has 1 amide bonds. The fourth-order valence-corrected chi connectivity index (χ4v) is 4.23. The van der Waals surface area contributed by atoms with Crippen molar-refractivity contribution in [1.29, 1.82) is 0 Å². The van der Waals surface area contributed by atoms with Crippen LogP contribution in [0.4, 0.5) is 5.13 Å². The third-order valence-electron chi connectivity index (χ3n) is 2.72. The van der Waals surface area contributed by atoms with Gasteiger partial charge in [-0.05, 0) is 30.7 Å². The Morgan fingerprint density at radius 1 is 1.43 bits per heavy atom. The van der Waals surface area contributed by atoms with Gasteiger partial charge in [-0.2, -0.15) is 0 Å². The number of carbonyl (C=O) groups is 1. The SMILES string of the molecule is C=CCSc1nnc(NC(=O)C(CC)Sc2ccc(Cl)cc2)s1. The zero-order chi connectivity index (χ0) is 16.7. The maximum atomic E-state index is 12.4. The van der Waals surface area contributed by atoms with Crippen molar-refractivity contribution < 1.29 is 4.79 Å². The van der Waals surface area contributed by atoms with Crippen LogP contribution in [0.1, 0.15) is 13.3 Å². The van der Waals surface area contributed by atoms with E-state index in [0.29, 0.717) is 10.2 Å². The first kappa shape index (κ1) is 18.3. The first-order valence-corrected chi connectivity index (χ1v) is 9.98. The predicted molar refractivity (Wildman–Crippen MR) is 101 cm³/mol. The minimum Gasteiger partial charge on any atom is -0.300 e. The van der Waals surface area contributed by atoms with Crippen LogP contribution in [0.5, 0.6) is 0 Å². The summed E-state index contributed by atoms with van der Waals surface area (Å²) in [6.45, 7) is 5.65. The minimum absolute atomic E-state index is 0.0659. The lowest BCUT2D eigenvalue weighted by Crippen LogP contribution is -2.24. The van der Waals surface area contributed by atoms with E-state index >= 15 is 0 Å². The monoisotopic (exact) mass is 385 g/mol. The number of thioether (sulfide) groups is 2. The Hall–Kier alpha value is -1.02. The summed E-state index contributed by atoms with van der Waals surface area (Å²) < 4.78 is 0.818. The Labute approximate surface area is 153 Å². The standard InChI is InChI=1S/C15H16ClN3OS3/c1-3-9-21-15-19-18-14(23-15)17-13(20)12(4-2)22-11-7-5-10(16)6-8-11/h3,5-8,12H,1,4,9H2,2H3,(H,17,18,20). The van der Waals surface area contributed by atoms with Gasteiger partial charge in [-0.1, -0.05) is 47.7 Å². The van der Waals surface area contributed by atoms with Crippen LogP contribution in [0.2, 0.25) is 5.02 Å². The molecule has 1 atom stereocenters. The molecule has 0 fully saturated rings. The second-order valence-corrected chi connectivity index (χ2v) is 8.39. The average Bonchev–Trinajstić information content (AvgIpc) is 2.99. The lowest BCUT2D eigenvalue weighted by Gasteiger charge is -2.13. The third-order valence-corrected chi connectivity index (χ3v) is 6.31. The van der Waals surface area contributed by atoms with Crippen molar-refractivity contribution in [3.8, 4) is 0 Å². The van der Waals surface area contributed by atoms with Gasteiger partial charge in [0.05, 0.1) is 5.25 Å². The maximum absolute atomic E-state index is 12.4. The van der Waals surface area contributed by atoms with Crippen molar-refractivity contribution in [3.05, 3.63) is 41.9 Å². The van der Waals surface area contributed by atoms with E-state index in [9.17, 15) is 4.79 Å². The van der Waals surface area contributed by atoms with E-state index < -0.39 is 0 Å². The minimum atomic E-state index is -0.190. The van der Waals surface area contributed by atoms with Crippen LogP contribution >= 0.6 is 46.5 Å². The molecule has 1 aromatic heterocycles. The zero-order valence-electron chi connectivity index (χ0n) is 12.5. The van der Waals surface area contributed by atoms with Gasteiger partial charge in [0, 0.05) is 15.7 Å². The number of amides is 1. The smallest absolute Gasteiger partial charge is 0.239 e. The highest BCUT2D eigenvalue weighted by Crippen LogP contribution is 2.29. The fraction of sp³-hybridized carbons (Fsp3) is 0.267. The van der Waals surface area contributed by atoms with Crippen LogP contribution in [-0.2, 0) is 4.79 Å². The Morgan fingerprint density at radius 2 is 2.17 bits per heavy atom. The first-order chi connectivity index (χ1) is 11.1. The molecule has 2 aromatic rings. The van der Waals surface area contributed by atoms with Crippen LogP contribution in [0.15, 0.2) is 46.2 Å². The van der Waals surface area contributed by atoms with Gasteiger partial charge in [0.2, 0.25) is 11.0 Å². The van der Waals surface area contributed by atoms with Crippen LogP contribution < -0.4 is 5.32 Å². The third kappa shape index (κ3) is 5.84. The number of benzene rings is 1. The molecule has 23 heavy (non-hydrogen) atoms. The summed E-state index contributed by atoms with van der Waals surface area (Å²) in [7, 11) is 0. The first-order valence-electron chi connectivity index (χ1n) is 6.92. The molecular formula is C15H16ClN3OS3. The number of hydrogen-bond donors (Lipinski definition) is 1. The van der Waals surface area contributed by atoms with Gasteiger partial charge in [0.15, 0.2) is 4.34 Å². The highest BCUT2D eigenvalue weighted by atomic mass is 35.5. The van der Waals surface area contributed by atoms with E-state index in [0.717, 1.165) is 21.4 Å². The van der Waals surface area contributed by atoms with E-state index in [4.69, 9.17) is 11.6 Å². The van der Waals surface area contributed by atoms with Crippen LogP contribution in [-0.4, -0.2) is 27.1 Å². The van der Waals surface area contributed by atoms with E-state index in [1.54, 1.807) is 17.8 Å². The molecule has 0 saturated carbocycles. The van der Waals surface area contributed by atoms with Gasteiger partial charge in [0.1, 0.15) is 0 Å². The number of rotatable bonds is 8. The molecular weight excluding hydrogens is 370 g/mol. The summed E-state index contributed by atoms with van der Waals surface area (Å²) in [6, 6.07) is 7.47. The summed E-state index contributed by atoms with van der Waals surface area (Å²) >= 11 is 10.3. The van der Waals surface area contributed by atoms with Crippen molar-refractivity contribution in [3.63, 3.8) is 0 Å². The van der Waals surface area contributed by atoms with Crippen molar-refractivity contribution in [2.45, 2.75) is 27.8 Å². The van der Waals surface area contributed by atoms with E-state index in [1.165, 1.54) is 23.1 Å². The van der Waals surface area contributed by atoms with E-state index in [1.807, 2.05) is 31.2 Å². The molecule has 2 rings (SSSR count). The van der Waals surface area contributed by atoms with Gasteiger partial charge < -0.3 is 0 Å². The number of halogens is 1. The quantitative estimate of drug-likeness (QED) is 0.394. The Balaban J connectivity index is 1.95. The Kier molecular flexibility index (Phi) is 7.42. The summed E-state index contributed by atoms with van der Waals surface area (Å²) in [5.74, 6) is 0.705. The molecule has 1 unspecified atom stereocenters. The van der Waals surface area contributed by atoms with Crippen molar-refractivity contribution in [2.24, 2.45) is 0 Å². The molecule has 0 bridgehead atoms. The number of hydrogen-bond acceptors (Lipinski definition) is 6. The molecule has 1 N–H and O–H groups in total. The normalized spacial score (nSPS) is 11.9. The van der Waals surface area contributed by atoms with Gasteiger partial charge in [0.25, 0.3) is 0 Å². The summed E-state index contributed by atoms with van der Waals surface area (Å²) in [5.41, 5.74) is 0. The highest BCUT2D eigenvalue weighted by molar-refractivity contribution is 8.01. The maximum Gasteiger partial charge on any atom is 0.239 e. The topological polar surface area (TPSA) is 54.9 Å². The lowest BCUT2D eigenvalue weighted by molar-refractivity contribution is -0.115. The summed E-state index contributed by atoms with van der Waals surface area (Å²) in [5, 5.41) is 11.9. The molecule has 1 aromatic carbocycles. The van der Waals surface area contributed by atoms with Gasteiger partial charge in [-0.25, -0.2) is 0 Å². The average molecular weight is 386 g/mol. The number of carbonyl (C=O) groups excluding carboxylic acids is 1. The highest BCUT2D eigenvalue weighted by Gasteiger charge is 2.19. The molecule has 0 radical (unpaired) electrons. The molecule has 0 aliphatic carbocycles. The Morgan fingerprint density at radius 3 is 2.83 bits per heavy atom. The van der Waals surface area contributed by atoms with E-state index in [2.05, 4.69) is 22.1 Å². The molecule has 8 heteroatoms. The molecule has 0 saturated heterocycles. The predicted octanol–water partition coefficient (Wildman–Crippen LogP) is 4.98. The lowest BCUT2D eigenvalue weighted by atomic mass is 10.3. The van der Waals surface area contributed by atoms with Crippen LogP contribution in [0.3, 0.4) is 0 Å². The van der Waals surface area contributed by atoms with Gasteiger partial charge in [-0.15, -0.1) is 28.5 Å². The molecule has 1 heterocycles. The van der Waals surface area contributed by atoms with Crippen molar-refractivity contribution in [2.75, 3.05) is 11.1 Å². The van der Waals surface area contributed by atoms with Crippen molar-refractivity contribution >= 4 is 57.5 Å². The fourth-order valence-electron chi connectivity index (χ4n) is 1.63. The number of aromatic nitrogens is 2. The molecule has 4 nitrogen and oxygen atoms in total. The zero-order valence-corrected chi connectivity index (χ0v) is 15.7. The second kappa shape index (κ2) is 9.32. The van der Waals surface area contributed by atoms with Gasteiger partial charge >= 0.3 is 0 Å². The summed E-state index contributed by atoms with van der Waals surface area (Å²) in [6.07, 6.45) is 2.52. The van der Waals surface area contributed by atoms with Crippen LogP contribution in [0, 0.1) is 0 Å². The van der Waals surface area contributed by atoms with E-state index in [-0.39, 0.29) is 11.2 Å².